The molecule has 2 aromatic carbocycles. The fourth-order valence-electron chi connectivity index (χ4n) is 1.78. The summed E-state index contributed by atoms with van der Waals surface area (Å²) in [5.41, 5.74) is 11.8. The van der Waals surface area contributed by atoms with E-state index in [9.17, 15) is 9.18 Å². The zero-order valence-corrected chi connectivity index (χ0v) is 11.4. The summed E-state index contributed by atoms with van der Waals surface area (Å²) in [5.74, 6) is -1.35. The number of carbonyl (C=O) groups is 1. The minimum absolute atomic E-state index is 0.0998. The van der Waals surface area contributed by atoms with Gasteiger partial charge in [0.05, 0.1) is 21.8 Å². The smallest absolute Gasteiger partial charge is 0.250 e. The third kappa shape index (κ3) is 3.04. The van der Waals surface area contributed by atoms with Crippen molar-refractivity contribution in [2.45, 2.75) is 0 Å². The van der Waals surface area contributed by atoms with E-state index in [1.54, 1.807) is 6.07 Å². The molecule has 2 aromatic rings. The first-order valence-corrected chi connectivity index (χ1v) is 6.15. The largest absolute Gasteiger partial charge is 0.399 e. The Bertz CT molecular complexity index is 770. The predicted molar refractivity (Wildman–Crippen MR) is 78.8 cm³/mol. The van der Waals surface area contributed by atoms with E-state index >= 15 is 0 Å². The van der Waals surface area contributed by atoms with Crippen molar-refractivity contribution in [3.05, 3.63) is 52.3 Å². The summed E-state index contributed by atoms with van der Waals surface area (Å²) in [6.45, 7) is 0. The van der Waals surface area contributed by atoms with Gasteiger partial charge in [0.15, 0.2) is 0 Å². The second kappa shape index (κ2) is 5.69. The molecule has 106 valence electrons. The number of halogens is 2. The van der Waals surface area contributed by atoms with E-state index in [2.05, 4.69) is 5.32 Å². The van der Waals surface area contributed by atoms with Crippen LogP contribution >= 0.6 is 11.6 Å². The highest BCUT2D eigenvalue weighted by atomic mass is 35.5. The number of hydrogen-bond acceptors (Lipinski definition) is 4. The lowest BCUT2D eigenvalue weighted by Gasteiger charge is -2.13. The summed E-state index contributed by atoms with van der Waals surface area (Å²) in [5, 5.41) is 11.8. The molecule has 0 bridgehead atoms. The minimum Gasteiger partial charge on any atom is -0.399 e. The molecule has 5 N–H and O–H groups in total. The molecule has 0 aliphatic heterocycles. The van der Waals surface area contributed by atoms with Gasteiger partial charge >= 0.3 is 0 Å². The maximum Gasteiger partial charge on any atom is 0.250 e. The average molecular weight is 305 g/mol. The number of anilines is 3. The Kier molecular flexibility index (Phi) is 3.96. The summed E-state index contributed by atoms with van der Waals surface area (Å²) in [6.07, 6.45) is 0. The van der Waals surface area contributed by atoms with Crippen molar-refractivity contribution in [3.63, 3.8) is 0 Å². The third-order valence-corrected chi connectivity index (χ3v) is 3.03. The summed E-state index contributed by atoms with van der Waals surface area (Å²) in [7, 11) is 0. The highest BCUT2D eigenvalue weighted by Crippen LogP contribution is 2.32. The van der Waals surface area contributed by atoms with Crippen molar-refractivity contribution in [3.8, 4) is 6.07 Å². The van der Waals surface area contributed by atoms with E-state index in [1.807, 2.05) is 0 Å². The number of rotatable bonds is 3. The lowest BCUT2D eigenvalue weighted by molar-refractivity contribution is 0.100. The van der Waals surface area contributed by atoms with Gasteiger partial charge in [0.25, 0.3) is 5.91 Å². The summed E-state index contributed by atoms with van der Waals surface area (Å²) in [6, 6.07) is 8.40. The summed E-state index contributed by atoms with van der Waals surface area (Å²) in [4.78, 5) is 11.4. The number of nitrogens with one attached hydrogen (secondary N) is 1. The molecule has 2 rings (SSSR count). The van der Waals surface area contributed by atoms with Gasteiger partial charge in [-0.1, -0.05) is 11.6 Å². The molecule has 21 heavy (non-hydrogen) atoms. The molecule has 5 nitrogen and oxygen atoms in total. The molecule has 0 saturated heterocycles. The topological polar surface area (TPSA) is 105 Å². The third-order valence-electron chi connectivity index (χ3n) is 2.73. The van der Waals surface area contributed by atoms with Crippen LogP contribution in [0.2, 0.25) is 5.02 Å². The van der Waals surface area contributed by atoms with Crippen molar-refractivity contribution in [1.82, 2.24) is 0 Å². The normalized spacial score (nSPS) is 9.95. The number of primary amides is 1. The van der Waals surface area contributed by atoms with Gasteiger partial charge in [-0.3, -0.25) is 4.79 Å². The Labute approximate surface area is 124 Å². The maximum atomic E-state index is 13.3. The van der Waals surface area contributed by atoms with E-state index in [-0.39, 0.29) is 27.5 Å². The fraction of sp³-hybridized carbons (Fsp3) is 0. The Balaban J connectivity index is 2.49. The number of hydrogen-bond donors (Lipinski definition) is 3. The SMILES string of the molecule is N#Cc1cc(Nc2c(Cl)cc(N)cc2C(N)=O)ccc1F. The van der Waals surface area contributed by atoms with Crippen LogP contribution in [0.4, 0.5) is 21.5 Å². The number of nitrogens with two attached hydrogens (primary N) is 2. The van der Waals surface area contributed by atoms with Crippen LogP contribution < -0.4 is 16.8 Å². The first-order valence-electron chi connectivity index (χ1n) is 5.78. The molecule has 0 radical (unpaired) electrons. The number of amides is 1. The lowest BCUT2D eigenvalue weighted by Crippen LogP contribution is -2.14. The summed E-state index contributed by atoms with van der Waals surface area (Å²) < 4.78 is 13.3. The highest BCUT2D eigenvalue weighted by Gasteiger charge is 2.14. The predicted octanol–water partition coefficient (Wildman–Crippen LogP) is 2.78. The zero-order chi connectivity index (χ0) is 15.6. The van der Waals surface area contributed by atoms with Gasteiger partial charge in [-0.2, -0.15) is 5.26 Å². The monoisotopic (exact) mass is 304 g/mol. The molecule has 0 aromatic heterocycles. The minimum atomic E-state index is -0.714. The molecular formula is C14H10ClFN4O. The average Bonchev–Trinajstić information content (AvgIpc) is 2.43. The van der Waals surface area contributed by atoms with Crippen LogP contribution in [0.3, 0.4) is 0 Å². The maximum absolute atomic E-state index is 13.3. The van der Waals surface area contributed by atoms with Gasteiger partial charge in [0, 0.05) is 11.4 Å². The molecule has 0 spiro atoms. The van der Waals surface area contributed by atoms with Crippen molar-refractivity contribution in [2.75, 3.05) is 11.1 Å². The van der Waals surface area contributed by atoms with Crippen LogP contribution in [0.25, 0.3) is 0 Å². The second-order valence-corrected chi connectivity index (χ2v) is 4.63. The molecule has 0 saturated carbocycles. The Hall–Kier alpha value is -2.78. The van der Waals surface area contributed by atoms with Gasteiger partial charge in [-0.25, -0.2) is 4.39 Å². The Morgan fingerprint density at radius 1 is 1.33 bits per heavy atom. The van der Waals surface area contributed by atoms with Crippen LogP contribution in [0, 0.1) is 17.1 Å². The first-order chi connectivity index (χ1) is 9.92. The van der Waals surface area contributed by atoms with Gasteiger partial charge < -0.3 is 16.8 Å². The number of nitriles is 1. The van der Waals surface area contributed by atoms with Crippen LogP contribution in [-0.2, 0) is 0 Å². The molecule has 7 heteroatoms. The van der Waals surface area contributed by atoms with Crippen LogP contribution in [-0.4, -0.2) is 5.91 Å². The second-order valence-electron chi connectivity index (χ2n) is 4.22. The van der Waals surface area contributed by atoms with E-state index in [4.69, 9.17) is 28.3 Å². The van der Waals surface area contributed by atoms with Gasteiger partial charge in [-0.05, 0) is 30.3 Å². The Morgan fingerprint density at radius 2 is 2.05 bits per heavy atom. The van der Waals surface area contributed by atoms with Crippen molar-refractivity contribution in [1.29, 1.82) is 5.26 Å². The molecule has 0 aliphatic carbocycles. The van der Waals surface area contributed by atoms with Crippen LogP contribution in [0.5, 0.6) is 0 Å². The number of nitrogens with zero attached hydrogens (tertiary/aromatic N) is 1. The molecule has 0 aliphatic rings. The van der Waals surface area contributed by atoms with E-state index in [1.165, 1.54) is 24.3 Å². The first kappa shape index (κ1) is 14.6. The van der Waals surface area contributed by atoms with E-state index in [0.29, 0.717) is 5.69 Å². The van der Waals surface area contributed by atoms with Crippen molar-refractivity contribution < 1.29 is 9.18 Å². The van der Waals surface area contributed by atoms with Crippen molar-refractivity contribution >= 4 is 34.6 Å². The van der Waals surface area contributed by atoms with E-state index < -0.39 is 11.7 Å². The molecular weight excluding hydrogens is 295 g/mol. The van der Waals surface area contributed by atoms with Gasteiger partial charge in [0.1, 0.15) is 11.9 Å². The highest BCUT2D eigenvalue weighted by molar-refractivity contribution is 6.34. The standard InChI is InChI=1S/C14H10ClFN4O/c15-11-5-8(18)4-10(14(19)21)13(11)20-9-1-2-12(16)7(3-9)6-17/h1-5,20H,18H2,(H2,19,21). The van der Waals surface area contributed by atoms with E-state index in [0.717, 1.165) is 6.07 Å². The van der Waals surface area contributed by atoms with Gasteiger partial charge in [-0.15, -0.1) is 0 Å². The molecule has 0 atom stereocenters. The molecule has 0 unspecified atom stereocenters. The fourth-order valence-corrected chi connectivity index (χ4v) is 2.06. The Morgan fingerprint density at radius 3 is 2.67 bits per heavy atom. The number of benzene rings is 2. The molecule has 0 heterocycles. The van der Waals surface area contributed by atoms with Gasteiger partial charge in [0.2, 0.25) is 0 Å². The number of carbonyl (C=O) groups excluding carboxylic acids is 1. The molecule has 1 amide bonds. The zero-order valence-electron chi connectivity index (χ0n) is 10.7. The van der Waals surface area contributed by atoms with Crippen LogP contribution in [0.15, 0.2) is 30.3 Å². The lowest BCUT2D eigenvalue weighted by atomic mass is 10.1. The quantitative estimate of drug-likeness (QED) is 0.758. The summed E-state index contributed by atoms with van der Waals surface area (Å²) >= 11 is 6.04. The number of nitrogen functional groups attached to an aromatic ring is 1. The van der Waals surface area contributed by atoms with Crippen molar-refractivity contribution in [2.24, 2.45) is 5.73 Å². The van der Waals surface area contributed by atoms with Crippen LogP contribution in [0.1, 0.15) is 15.9 Å². The molecule has 0 fully saturated rings.